The highest BCUT2D eigenvalue weighted by molar-refractivity contribution is 7.10. The summed E-state index contributed by atoms with van der Waals surface area (Å²) >= 11 is 1.84. The fraction of sp³-hybridized carbons (Fsp3) is 0.455. The van der Waals surface area contributed by atoms with E-state index in [-0.39, 0.29) is 5.91 Å². The summed E-state index contributed by atoms with van der Waals surface area (Å²) in [4.78, 5) is 20.3. The quantitative estimate of drug-likeness (QED) is 0.371. The van der Waals surface area contributed by atoms with Crippen molar-refractivity contribution in [2.24, 2.45) is 10.9 Å². The molecule has 1 aliphatic heterocycles. The van der Waals surface area contributed by atoms with Crippen LogP contribution in [-0.4, -0.2) is 57.0 Å². The van der Waals surface area contributed by atoms with Crippen LogP contribution in [0.5, 0.6) is 0 Å². The predicted molar refractivity (Wildman–Crippen MR) is 121 cm³/mol. The number of nitrogens with one attached hydrogen (secondary N) is 3. The molecule has 29 heavy (non-hydrogen) atoms. The molecule has 3 rings (SSSR count). The molecular formula is C22H31N5OS. The molecule has 1 amide bonds. The van der Waals surface area contributed by atoms with Crippen molar-refractivity contribution in [1.29, 1.82) is 0 Å². The summed E-state index contributed by atoms with van der Waals surface area (Å²) < 4.78 is 0. The number of piperidine rings is 1. The van der Waals surface area contributed by atoms with Gasteiger partial charge in [-0.05, 0) is 55.9 Å². The number of nitrogens with zero attached hydrogens (tertiary/aromatic N) is 2. The average Bonchev–Trinajstić information content (AvgIpc) is 3.28. The van der Waals surface area contributed by atoms with Crippen LogP contribution in [-0.2, 0) is 0 Å². The zero-order chi connectivity index (χ0) is 20.5. The molecule has 6 nitrogen and oxygen atoms in total. The number of hydrogen-bond acceptors (Lipinski definition) is 4. The summed E-state index contributed by atoms with van der Waals surface area (Å²) in [5.41, 5.74) is 0.677. The maximum atomic E-state index is 12.1. The van der Waals surface area contributed by atoms with E-state index in [1.165, 1.54) is 17.7 Å². The summed E-state index contributed by atoms with van der Waals surface area (Å²) in [7, 11) is 4.00. The Bertz CT molecular complexity index is 778. The van der Waals surface area contributed by atoms with Crippen LogP contribution in [0.25, 0.3) is 0 Å². The van der Waals surface area contributed by atoms with Gasteiger partial charge in [-0.3, -0.25) is 14.7 Å². The van der Waals surface area contributed by atoms with Gasteiger partial charge in [0, 0.05) is 43.2 Å². The third-order valence-corrected chi connectivity index (χ3v) is 6.28. The van der Waals surface area contributed by atoms with Crippen LogP contribution in [0.3, 0.4) is 0 Å². The van der Waals surface area contributed by atoms with Crippen LogP contribution in [0.1, 0.15) is 34.1 Å². The number of amides is 1. The second kappa shape index (κ2) is 11.0. The molecule has 0 bridgehead atoms. The summed E-state index contributed by atoms with van der Waals surface area (Å²) in [5.74, 6) is 1.26. The molecule has 2 heterocycles. The highest BCUT2D eigenvalue weighted by atomic mass is 32.1. The number of thiophene rings is 1. The smallest absolute Gasteiger partial charge is 0.251 e. The van der Waals surface area contributed by atoms with Crippen molar-refractivity contribution in [3.8, 4) is 0 Å². The van der Waals surface area contributed by atoms with E-state index in [4.69, 9.17) is 0 Å². The fourth-order valence-corrected chi connectivity index (χ4v) is 4.86. The van der Waals surface area contributed by atoms with Gasteiger partial charge < -0.3 is 16.0 Å². The summed E-state index contributed by atoms with van der Waals surface area (Å²) in [5, 5.41) is 11.9. The Morgan fingerprint density at radius 2 is 1.93 bits per heavy atom. The molecule has 1 aliphatic rings. The number of hydrogen-bond donors (Lipinski definition) is 3. The van der Waals surface area contributed by atoms with E-state index < -0.39 is 0 Å². The van der Waals surface area contributed by atoms with E-state index in [1.807, 2.05) is 41.7 Å². The Hall–Kier alpha value is -2.38. The number of aliphatic imine (C=N–C) groups is 1. The van der Waals surface area contributed by atoms with E-state index in [0.29, 0.717) is 30.6 Å². The second-order valence-electron chi connectivity index (χ2n) is 7.34. The van der Waals surface area contributed by atoms with Crippen molar-refractivity contribution in [1.82, 2.24) is 20.9 Å². The van der Waals surface area contributed by atoms with Crippen molar-refractivity contribution < 1.29 is 4.79 Å². The first kappa shape index (κ1) is 21.3. The predicted octanol–water partition coefficient (Wildman–Crippen LogP) is 2.73. The van der Waals surface area contributed by atoms with E-state index in [2.05, 4.69) is 50.4 Å². The molecule has 1 saturated heterocycles. The SMILES string of the molecule is CN=C(NCCNC(=O)c1ccccc1)NCC1CCCN(C)C1c1cccs1. The van der Waals surface area contributed by atoms with Gasteiger partial charge in [0.05, 0.1) is 0 Å². The largest absolute Gasteiger partial charge is 0.356 e. The molecule has 156 valence electrons. The molecule has 2 unspecified atom stereocenters. The zero-order valence-electron chi connectivity index (χ0n) is 17.2. The third kappa shape index (κ3) is 6.05. The lowest BCUT2D eigenvalue weighted by molar-refractivity contribution is 0.0954. The van der Waals surface area contributed by atoms with Gasteiger partial charge in [0.15, 0.2) is 5.96 Å². The summed E-state index contributed by atoms with van der Waals surface area (Å²) in [6, 6.07) is 14.1. The lowest BCUT2D eigenvalue weighted by Gasteiger charge is -2.39. The van der Waals surface area contributed by atoms with Crippen LogP contribution >= 0.6 is 11.3 Å². The minimum atomic E-state index is -0.0561. The first-order valence-corrected chi connectivity index (χ1v) is 11.1. The summed E-state index contributed by atoms with van der Waals surface area (Å²) in [6.45, 7) is 3.19. The lowest BCUT2D eigenvalue weighted by Crippen LogP contribution is -2.46. The maximum absolute atomic E-state index is 12.1. The molecule has 3 N–H and O–H groups in total. The van der Waals surface area contributed by atoms with Gasteiger partial charge in [-0.25, -0.2) is 0 Å². The van der Waals surface area contributed by atoms with Gasteiger partial charge in [0.25, 0.3) is 5.91 Å². The Labute approximate surface area is 177 Å². The average molecular weight is 414 g/mol. The van der Waals surface area contributed by atoms with Crippen molar-refractivity contribution >= 4 is 23.2 Å². The number of carbonyl (C=O) groups excluding carboxylic acids is 1. The monoisotopic (exact) mass is 413 g/mol. The number of likely N-dealkylation sites (tertiary alicyclic amines) is 1. The van der Waals surface area contributed by atoms with Crippen molar-refractivity contribution in [3.05, 3.63) is 58.3 Å². The number of benzene rings is 1. The molecule has 1 fully saturated rings. The Morgan fingerprint density at radius 3 is 2.66 bits per heavy atom. The minimum absolute atomic E-state index is 0.0561. The standard InChI is InChI=1S/C22H31N5OS/c1-23-22(25-13-12-24-21(28)17-8-4-3-5-9-17)26-16-18-10-6-14-27(2)20(18)19-11-7-15-29-19/h3-5,7-9,11,15,18,20H,6,10,12-14,16H2,1-2H3,(H,24,28)(H2,23,25,26). The van der Waals surface area contributed by atoms with E-state index >= 15 is 0 Å². The van der Waals surface area contributed by atoms with Crippen molar-refractivity contribution in [2.75, 3.05) is 40.3 Å². The van der Waals surface area contributed by atoms with Crippen LogP contribution in [0.15, 0.2) is 52.8 Å². The van der Waals surface area contributed by atoms with Crippen LogP contribution in [0, 0.1) is 5.92 Å². The molecule has 0 radical (unpaired) electrons. The van der Waals surface area contributed by atoms with Crippen molar-refractivity contribution in [2.45, 2.75) is 18.9 Å². The fourth-order valence-electron chi connectivity index (χ4n) is 3.88. The highest BCUT2D eigenvalue weighted by Gasteiger charge is 2.31. The highest BCUT2D eigenvalue weighted by Crippen LogP contribution is 2.36. The number of carbonyl (C=O) groups is 1. The molecule has 1 aromatic heterocycles. The number of rotatable bonds is 7. The molecule has 7 heteroatoms. The van der Waals surface area contributed by atoms with E-state index in [0.717, 1.165) is 19.0 Å². The molecule has 0 spiro atoms. The molecule has 0 saturated carbocycles. The lowest BCUT2D eigenvalue weighted by atomic mass is 9.88. The van der Waals surface area contributed by atoms with Crippen LogP contribution < -0.4 is 16.0 Å². The third-order valence-electron chi connectivity index (χ3n) is 5.34. The Kier molecular flexibility index (Phi) is 8.07. The first-order chi connectivity index (χ1) is 14.2. The van der Waals surface area contributed by atoms with E-state index in [9.17, 15) is 4.79 Å². The topological polar surface area (TPSA) is 68.8 Å². The molecular weight excluding hydrogens is 382 g/mol. The number of guanidine groups is 1. The normalized spacial score (nSPS) is 20.3. The van der Waals surface area contributed by atoms with Gasteiger partial charge >= 0.3 is 0 Å². The maximum Gasteiger partial charge on any atom is 0.251 e. The summed E-state index contributed by atoms with van der Waals surface area (Å²) in [6.07, 6.45) is 2.44. The Morgan fingerprint density at radius 1 is 1.14 bits per heavy atom. The van der Waals surface area contributed by atoms with Crippen LogP contribution in [0.4, 0.5) is 0 Å². The second-order valence-corrected chi connectivity index (χ2v) is 8.32. The minimum Gasteiger partial charge on any atom is -0.356 e. The van der Waals surface area contributed by atoms with Gasteiger partial charge in [0.1, 0.15) is 0 Å². The molecule has 1 aromatic carbocycles. The molecule has 2 aromatic rings. The molecule has 0 aliphatic carbocycles. The van der Waals surface area contributed by atoms with Crippen molar-refractivity contribution in [3.63, 3.8) is 0 Å². The Balaban J connectivity index is 1.43. The van der Waals surface area contributed by atoms with Gasteiger partial charge in [-0.2, -0.15) is 0 Å². The molecule has 2 atom stereocenters. The van der Waals surface area contributed by atoms with Gasteiger partial charge in [-0.1, -0.05) is 24.3 Å². The first-order valence-electron chi connectivity index (χ1n) is 10.2. The van der Waals surface area contributed by atoms with Gasteiger partial charge in [-0.15, -0.1) is 11.3 Å². The zero-order valence-corrected chi connectivity index (χ0v) is 18.0. The van der Waals surface area contributed by atoms with Crippen LogP contribution in [0.2, 0.25) is 0 Å². The van der Waals surface area contributed by atoms with Gasteiger partial charge in [0.2, 0.25) is 0 Å². The van der Waals surface area contributed by atoms with E-state index in [1.54, 1.807) is 7.05 Å².